The molecule has 41 heavy (non-hydrogen) atoms. The van der Waals surface area contributed by atoms with Crippen LogP contribution < -0.4 is 10.2 Å². The van der Waals surface area contributed by atoms with Crippen LogP contribution in [0.3, 0.4) is 0 Å². The van der Waals surface area contributed by atoms with Gasteiger partial charge in [-0.2, -0.15) is 18.4 Å². The first-order chi connectivity index (χ1) is 19.4. The van der Waals surface area contributed by atoms with E-state index >= 15 is 0 Å². The van der Waals surface area contributed by atoms with Gasteiger partial charge in [-0.3, -0.25) is 9.69 Å². The maximum absolute atomic E-state index is 12.8. The fourth-order valence-electron chi connectivity index (χ4n) is 4.49. The third-order valence-electron chi connectivity index (χ3n) is 6.69. The second kappa shape index (κ2) is 10.2. The van der Waals surface area contributed by atoms with Gasteiger partial charge in [0.25, 0.3) is 5.91 Å². The van der Waals surface area contributed by atoms with Crippen LogP contribution in [0.4, 0.5) is 23.8 Å². The van der Waals surface area contributed by atoms with Crippen molar-refractivity contribution in [1.29, 1.82) is 5.26 Å². The first-order valence-corrected chi connectivity index (χ1v) is 12.6. The van der Waals surface area contributed by atoms with Crippen molar-refractivity contribution < 1.29 is 31.9 Å². The van der Waals surface area contributed by atoms with Gasteiger partial charge in [0.1, 0.15) is 16.9 Å². The molecule has 1 fully saturated rings. The molecule has 1 N–H and O–H groups in total. The van der Waals surface area contributed by atoms with E-state index < -0.39 is 29.3 Å². The van der Waals surface area contributed by atoms with Gasteiger partial charge in [0.05, 0.1) is 30.3 Å². The third kappa shape index (κ3) is 5.56. The van der Waals surface area contributed by atoms with Crippen molar-refractivity contribution in [3.05, 3.63) is 77.0 Å². The predicted molar refractivity (Wildman–Crippen MR) is 142 cm³/mol. The van der Waals surface area contributed by atoms with Crippen molar-refractivity contribution >= 4 is 28.9 Å². The fourth-order valence-corrected chi connectivity index (χ4v) is 4.49. The zero-order valence-corrected chi connectivity index (χ0v) is 22.2. The Morgan fingerprint density at radius 2 is 1.93 bits per heavy atom. The predicted octanol–water partition coefficient (Wildman–Crippen LogP) is 6.05. The number of carbonyl (C=O) groups excluding carboxylic acids is 2. The van der Waals surface area contributed by atoms with Crippen LogP contribution in [0, 0.1) is 11.3 Å². The molecule has 0 spiro atoms. The van der Waals surface area contributed by atoms with Gasteiger partial charge >= 0.3 is 12.3 Å². The van der Waals surface area contributed by atoms with Crippen LogP contribution in [-0.4, -0.2) is 40.7 Å². The summed E-state index contributed by atoms with van der Waals surface area (Å²) in [7, 11) is 0. The number of nitrogens with zero attached hydrogens (tertiary/aromatic N) is 4. The molecule has 0 radical (unpaired) electrons. The molecule has 1 unspecified atom stereocenters. The van der Waals surface area contributed by atoms with E-state index in [1.54, 1.807) is 43.3 Å². The van der Waals surface area contributed by atoms with Crippen LogP contribution in [0.2, 0.25) is 0 Å². The van der Waals surface area contributed by atoms with E-state index in [1.807, 2.05) is 13.8 Å². The number of anilines is 1. The highest BCUT2D eigenvalue weighted by atomic mass is 19.4. The standard InChI is InChI=1S/C29H24F3N5O4/c1-16(2)21-10-17(12-33)11-22-24(21)40-26(36-22)19-6-4-18(5-7-19)25(38)35-14-28(3)15-37(27(39)41-28)23-9-8-20(13-34-23)29(30,31)32/h4-11,13,16H,14-15H2,1-3H3,(H,35,38). The van der Waals surface area contributed by atoms with Crippen molar-refractivity contribution in [2.75, 3.05) is 18.0 Å². The number of carbonyl (C=O) groups is 2. The molecule has 5 rings (SSSR count). The SMILES string of the molecule is CC(C)c1cc(C#N)cc2nc(-c3ccc(C(=O)NCC4(C)CN(c5ccc(C(F)(F)F)cn5)C(=O)O4)cc3)oc12. The largest absolute Gasteiger partial charge is 0.439 e. The second-order valence-electron chi connectivity index (χ2n) is 10.3. The number of aromatic nitrogens is 2. The summed E-state index contributed by atoms with van der Waals surface area (Å²) in [6, 6.07) is 14.1. The van der Waals surface area contributed by atoms with E-state index in [0.29, 0.717) is 39.9 Å². The van der Waals surface area contributed by atoms with E-state index in [0.717, 1.165) is 22.6 Å². The Morgan fingerprint density at radius 1 is 1.20 bits per heavy atom. The van der Waals surface area contributed by atoms with Gasteiger partial charge in [-0.05, 0) is 61.4 Å². The minimum Gasteiger partial charge on any atom is -0.439 e. The van der Waals surface area contributed by atoms with Gasteiger partial charge < -0.3 is 14.5 Å². The molecule has 1 atom stereocenters. The zero-order chi connectivity index (χ0) is 29.5. The van der Waals surface area contributed by atoms with Gasteiger partial charge in [-0.15, -0.1) is 0 Å². The molecule has 1 aliphatic heterocycles. The van der Waals surface area contributed by atoms with Crippen LogP contribution >= 0.6 is 0 Å². The summed E-state index contributed by atoms with van der Waals surface area (Å²) >= 11 is 0. The van der Waals surface area contributed by atoms with Crippen molar-refractivity contribution in [1.82, 2.24) is 15.3 Å². The zero-order valence-electron chi connectivity index (χ0n) is 22.2. The lowest BCUT2D eigenvalue weighted by Crippen LogP contribution is -2.43. The monoisotopic (exact) mass is 563 g/mol. The summed E-state index contributed by atoms with van der Waals surface area (Å²) in [4.78, 5) is 34.6. The van der Waals surface area contributed by atoms with Gasteiger partial charge in [0, 0.05) is 22.9 Å². The average molecular weight is 564 g/mol. The number of halogens is 3. The number of fused-ring (bicyclic) bond motifs is 1. The molecule has 2 aromatic carbocycles. The first-order valence-electron chi connectivity index (χ1n) is 12.6. The van der Waals surface area contributed by atoms with Crippen molar-refractivity contribution in [2.45, 2.75) is 38.5 Å². The quantitative estimate of drug-likeness (QED) is 0.303. The van der Waals surface area contributed by atoms with Crippen LogP contribution in [0.5, 0.6) is 0 Å². The highest BCUT2D eigenvalue weighted by Crippen LogP contribution is 2.33. The third-order valence-corrected chi connectivity index (χ3v) is 6.69. The number of cyclic esters (lactones) is 1. The topological polar surface area (TPSA) is 121 Å². The van der Waals surface area contributed by atoms with E-state index in [9.17, 15) is 28.0 Å². The van der Waals surface area contributed by atoms with Crippen LogP contribution in [-0.2, 0) is 10.9 Å². The fraction of sp³-hybridized carbons (Fsp3) is 0.276. The number of amides is 2. The van der Waals surface area contributed by atoms with Crippen LogP contribution in [0.1, 0.15) is 53.7 Å². The van der Waals surface area contributed by atoms with Gasteiger partial charge in [0.2, 0.25) is 5.89 Å². The smallest absolute Gasteiger partial charge is 0.417 e. The Balaban J connectivity index is 1.25. The molecule has 1 aliphatic rings. The van der Waals surface area contributed by atoms with Crippen molar-refractivity contribution in [3.63, 3.8) is 0 Å². The average Bonchev–Trinajstić information content (AvgIpc) is 3.51. The molecule has 4 aromatic rings. The molecule has 1 saturated heterocycles. The molecule has 12 heteroatoms. The lowest BCUT2D eigenvalue weighted by Gasteiger charge is -2.22. The van der Waals surface area contributed by atoms with Gasteiger partial charge in [-0.1, -0.05) is 13.8 Å². The molecule has 0 aliphatic carbocycles. The van der Waals surface area contributed by atoms with E-state index in [4.69, 9.17) is 9.15 Å². The normalized spacial score (nSPS) is 17.1. The Kier molecular flexibility index (Phi) is 6.90. The summed E-state index contributed by atoms with van der Waals surface area (Å²) in [6.45, 7) is 5.55. The lowest BCUT2D eigenvalue weighted by atomic mass is 10.00. The molecule has 2 amide bonds. The highest BCUT2D eigenvalue weighted by molar-refractivity contribution is 5.95. The Bertz CT molecular complexity index is 1670. The molecular formula is C29H24F3N5O4. The summed E-state index contributed by atoms with van der Waals surface area (Å²) < 4.78 is 49.9. The number of nitrogens with one attached hydrogen (secondary N) is 1. The number of rotatable bonds is 6. The Hall–Kier alpha value is -4.92. The molecular weight excluding hydrogens is 539 g/mol. The number of hydrogen-bond acceptors (Lipinski definition) is 7. The molecule has 0 saturated carbocycles. The Labute approximate surface area is 232 Å². The van der Waals surface area contributed by atoms with Crippen molar-refractivity contribution in [2.24, 2.45) is 0 Å². The van der Waals surface area contributed by atoms with Crippen LogP contribution in [0.15, 0.2) is 59.1 Å². The number of nitriles is 1. The summed E-state index contributed by atoms with van der Waals surface area (Å²) in [6.07, 6.45) is -4.67. The molecule has 2 aromatic heterocycles. The molecule has 9 nitrogen and oxygen atoms in total. The minimum atomic E-state index is -4.55. The molecule has 210 valence electrons. The number of benzene rings is 2. The van der Waals surface area contributed by atoms with Gasteiger partial charge in [-0.25, -0.2) is 14.8 Å². The second-order valence-corrected chi connectivity index (χ2v) is 10.3. The summed E-state index contributed by atoms with van der Waals surface area (Å²) in [5.41, 5.74) is 1.47. The number of pyridine rings is 1. The van der Waals surface area contributed by atoms with Crippen LogP contribution in [0.25, 0.3) is 22.6 Å². The maximum atomic E-state index is 12.8. The minimum absolute atomic E-state index is 0.0113. The number of alkyl halides is 3. The van der Waals surface area contributed by atoms with E-state index in [1.165, 1.54) is 0 Å². The number of oxazole rings is 1. The van der Waals surface area contributed by atoms with Gasteiger partial charge in [0.15, 0.2) is 5.58 Å². The first kappa shape index (κ1) is 27.6. The lowest BCUT2D eigenvalue weighted by molar-refractivity contribution is -0.137. The van der Waals surface area contributed by atoms with E-state index in [-0.39, 0.29) is 24.8 Å². The molecule has 0 bridgehead atoms. The van der Waals surface area contributed by atoms with E-state index in [2.05, 4.69) is 21.4 Å². The Morgan fingerprint density at radius 3 is 2.54 bits per heavy atom. The summed E-state index contributed by atoms with van der Waals surface area (Å²) in [5, 5.41) is 12.1. The maximum Gasteiger partial charge on any atom is 0.417 e. The van der Waals surface area contributed by atoms with Crippen molar-refractivity contribution in [3.8, 4) is 17.5 Å². The number of hydrogen-bond donors (Lipinski definition) is 1. The molecule has 3 heterocycles. The number of ether oxygens (including phenoxy) is 1. The summed E-state index contributed by atoms with van der Waals surface area (Å²) in [5.74, 6) is 0.0682. The highest BCUT2D eigenvalue weighted by Gasteiger charge is 2.43.